The van der Waals surface area contributed by atoms with E-state index < -0.39 is 0 Å². The Morgan fingerprint density at radius 1 is 0.619 bits per heavy atom. The second-order valence-electron chi connectivity index (χ2n) is 5.70. The molecule has 21 heavy (non-hydrogen) atoms. The smallest absolute Gasteiger partial charge is 0.157 e. The fraction of sp³-hybridized carbons (Fsp3) is 0.294. The van der Waals surface area contributed by atoms with Crippen molar-refractivity contribution in [3.8, 4) is 23.0 Å². The highest BCUT2D eigenvalue weighted by Crippen LogP contribution is 2.49. The van der Waals surface area contributed by atoms with Crippen LogP contribution in [-0.2, 0) is 5.41 Å². The zero-order valence-corrected chi connectivity index (χ0v) is 11.6. The zero-order valence-electron chi connectivity index (χ0n) is 11.6. The van der Waals surface area contributed by atoms with E-state index in [9.17, 15) is 20.4 Å². The number of rotatable bonds is 2. The van der Waals surface area contributed by atoms with E-state index in [-0.39, 0.29) is 28.4 Å². The van der Waals surface area contributed by atoms with E-state index in [1.807, 2.05) is 12.1 Å². The monoisotopic (exact) mass is 286 g/mol. The number of benzene rings is 2. The molecule has 110 valence electrons. The van der Waals surface area contributed by atoms with Crippen molar-refractivity contribution in [2.24, 2.45) is 0 Å². The first kappa shape index (κ1) is 13.6. The van der Waals surface area contributed by atoms with E-state index in [0.717, 1.165) is 36.8 Å². The first-order valence-electron chi connectivity index (χ1n) is 7.08. The van der Waals surface area contributed by atoms with Gasteiger partial charge in [-0.1, -0.05) is 25.0 Å². The Morgan fingerprint density at radius 3 is 1.43 bits per heavy atom. The molecule has 0 radical (unpaired) electrons. The third kappa shape index (κ3) is 2.17. The molecule has 1 aliphatic rings. The minimum Gasteiger partial charge on any atom is -0.504 e. The summed E-state index contributed by atoms with van der Waals surface area (Å²) in [6.07, 6.45) is 3.93. The van der Waals surface area contributed by atoms with Gasteiger partial charge in [-0.25, -0.2) is 0 Å². The highest BCUT2D eigenvalue weighted by atomic mass is 16.3. The maximum Gasteiger partial charge on any atom is 0.157 e. The molecule has 4 nitrogen and oxygen atoms in total. The largest absolute Gasteiger partial charge is 0.504 e. The minimum atomic E-state index is -0.295. The van der Waals surface area contributed by atoms with Gasteiger partial charge < -0.3 is 20.4 Å². The Balaban J connectivity index is 2.15. The molecule has 0 aliphatic heterocycles. The van der Waals surface area contributed by atoms with Crippen LogP contribution >= 0.6 is 0 Å². The van der Waals surface area contributed by atoms with Crippen molar-refractivity contribution in [3.63, 3.8) is 0 Å². The number of phenolic OH excluding ortho intramolecular Hbond substituents is 4. The summed E-state index contributed by atoms with van der Waals surface area (Å²) in [5, 5.41) is 38.6. The van der Waals surface area contributed by atoms with E-state index in [1.165, 1.54) is 12.1 Å². The van der Waals surface area contributed by atoms with Crippen molar-refractivity contribution in [2.75, 3.05) is 0 Å². The van der Waals surface area contributed by atoms with Gasteiger partial charge in [0.15, 0.2) is 23.0 Å². The van der Waals surface area contributed by atoms with Crippen LogP contribution in [0.4, 0.5) is 0 Å². The van der Waals surface area contributed by atoms with Crippen molar-refractivity contribution in [1.82, 2.24) is 0 Å². The van der Waals surface area contributed by atoms with Gasteiger partial charge in [0.25, 0.3) is 0 Å². The summed E-state index contributed by atoms with van der Waals surface area (Å²) in [6, 6.07) is 9.78. The predicted octanol–water partition coefficient (Wildman–Crippen LogP) is 3.37. The van der Waals surface area contributed by atoms with Gasteiger partial charge in [0.1, 0.15) is 0 Å². The predicted molar refractivity (Wildman–Crippen MR) is 78.8 cm³/mol. The second-order valence-corrected chi connectivity index (χ2v) is 5.70. The Kier molecular flexibility index (Phi) is 3.16. The summed E-state index contributed by atoms with van der Waals surface area (Å²) in [5.41, 5.74) is 1.54. The van der Waals surface area contributed by atoms with Crippen LogP contribution in [0, 0.1) is 0 Å². The summed E-state index contributed by atoms with van der Waals surface area (Å²) >= 11 is 0. The van der Waals surface area contributed by atoms with Gasteiger partial charge in [-0.3, -0.25) is 0 Å². The van der Waals surface area contributed by atoms with Crippen LogP contribution in [-0.4, -0.2) is 20.4 Å². The van der Waals surface area contributed by atoms with Crippen molar-refractivity contribution in [1.29, 1.82) is 0 Å². The second kappa shape index (κ2) is 4.88. The molecule has 0 heterocycles. The van der Waals surface area contributed by atoms with Crippen LogP contribution in [0.2, 0.25) is 0 Å². The lowest BCUT2D eigenvalue weighted by Gasteiger charge is -2.31. The molecule has 0 saturated heterocycles. The maximum atomic E-state index is 9.78. The van der Waals surface area contributed by atoms with Crippen molar-refractivity contribution in [3.05, 3.63) is 47.5 Å². The molecule has 0 bridgehead atoms. The Bertz CT molecular complexity index is 619. The van der Waals surface area contributed by atoms with Crippen LogP contribution in [0.3, 0.4) is 0 Å². The van der Waals surface area contributed by atoms with E-state index in [0.29, 0.717) is 0 Å². The van der Waals surface area contributed by atoms with E-state index >= 15 is 0 Å². The molecule has 1 aliphatic carbocycles. The Labute approximate surface area is 122 Å². The van der Waals surface area contributed by atoms with Gasteiger partial charge in [-0.05, 0) is 48.2 Å². The zero-order chi connectivity index (χ0) is 15.0. The molecule has 0 amide bonds. The van der Waals surface area contributed by atoms with E-state index in [2.05, 4.69) is 0 Å². The summed E-state index contributed by atoms with van der Waals surface area (Å²) in [6.45, 7) is 0. The minimum absolute atomic E-state index is 0.137. The molecule has 3 rings (SSSR count). The summed E-state index contributed by atoms with van der Waals surface area (Å²) < 4.78 is 0. The average molecular weight is 286 g/mol. The molecule has 4 heteroatoms. The summed E-state index contributed by atoms with van der Waals surface area (Å²) in [5.74, 6) is -0.551. The number of phenols is 4. The van der Waals surface area contributed by atoms with Gasteiger partial charge in [0.05, 0.1) is 0 Å². The van der Waals surface area contributed by atoms with E-state index in [1.54, 1.807) is 12.1 Å². The van der Waals surface area contributed by atoms with E-state index in [4.69, 9.17) is 0 Å². The summed E-state index contributed by atoms with van der Waals surface area (Å²) in [4.78, 5) is 0. The molecule has 0 unspecified atom stereocenters. The topological polar surface area (TPSA) is 80.9 Å². The molecule has 0 atom stereocenters. The van der Waals surface area contributed by atoms with Crippen molar-refractivity contribution in [2.45, 2.75) is 31.1 Å². The SMILES string of the molecule is Oc1ccc(C2(c3ccc(O)c(O)c3)CCCC2)cc1O. The first-order chi connectivity index (χ1) is 10.0. The fourth-order valence-corrected chi connectivity index (χ4v) is 3.36. The standard InChI is InChI=1S/C17H18O4/c18-13-5-3-11(9-15(13)20)17(7-1-2-8-17)12-4-6-14(19)16(21)10-12/h3-6,9-10,18-21H,1-2,7-8H2. The highest BCUT2D eigenvalue weighted by molar-refractivity contribution is 5.51. The van der Waals surface area contributed by atoms with Gasteiger partial charge in [-0.2, -0.15) is 0 Å². The quantitative estimate of drug-likeness (QED) is 0.638. The number of hydrogen-bond donors (Lipinski definition) is 4. The highest BCUT2D eigenvalue weighted by Gasteiger charge is 2.38. The third-order valence-corrected chi connectivity index (χ3v) is 4.51. The third-order valence-electron chi connectivity index (χ3n) is 4.51. The van der Waals surface area contributed by atoms with Crippen LogP contribution in [0.5, 0.6) is 23.0 Å². The van der Waals surface area contributed by atoms with Crippen LogP contribution in [0.1, 0.15) is 36.8 Å². The molecule has 0 aromatic heterocycles. The van der Waals surface area contributed by atoms with Crippen LogP contribution in [0.25, 0.3) is 0 Å². The molecule has 2 aromatic carbocycles. The van der Waals surface area contributed by atoms with Gasteiger partial charge in [-0.15, -0.1) is 0 Å². The maximum absolute atomic E-state index is 9.78. The molecule has 1 fully saturated rings. The number of aromatic hydroxyl groups is 4. The Morgan fingerprint density at radius 2 is 1.05 bits per heavy atom. The van der Waals surface area contributed by atoms with Gasteiger partial charge in [0.2, 0.25) is 0 Å². The molecular formula is C17H18O4. The summed E-state index contributed by atoms with van der Waals surface area (Å²) in [7, 11) is 0. The average Bonchev–Trinajstić information content (AvgIpc) is 2.95. The first-order valence-corrected chi connectivity index (χ1v) is 7.08. The van der Waals surface area contributed by atoms with Crippen LogP contribution in [0.15, 0.2) is 36.4 Å². The van der Waals surface area contributed by atoms with Crippen molar-refractivity contribution >= 4 is 0 Å². The molecular weight excluding hydrogens is 268 g/mol. The van der Waals surface area contributed by atoms with Crippen LogP contribution < -0.4 is 0 Å². The number of hydrogen-bond acceptors (Lipinski definition) is 4. The molecule has 1 saturated carbocycles. The lowest BCUT2D eigenvalue weighted by atomic mass is 9.73. The molecule has 0 spiro atoms. The molecule has 4 N–H and O–H groups in total. The van der Waals surface area contributed by atoms with Crippen molar-refractivity contribution < 1.29 is 20.4 Å². The normalized spacial score (nSPS) is 17.0. The molecule has 2 aromatic rings. The van der Waals surface area contributed by atoms with Gasteiger partial charge >= 0.3 is 0 Å². The lowest BCUT2D eigenvalue weighted by Crippen LogP contribution is -2.23. The van der Waals surface area contributed by atoms with Gasteiger partial charge in [0, 0.05) is 5.41 Å². The lowest BCUT2D eigenvalue weighted by molar-refractivity contribution is 0.398. The fourth-order valence-electron chi connectivity index (χ4n) is 3.36. The Hall–Kier alpha value is -2.36.